The lowest BCUT2D eigenvalue weighted by atomic mass is 10.1. The fourth-order valence-electron chi connectivity index (χ4n) is 3.64. The van der Waals surface area contributed by atoms with Crippen molar-refractivity contribution >= 4 is 62.0 Å². The number of nitrogens with one attached hydrogen (secondary N) is 2. The van der Waals surface area contributed by atoms with Crippen LogP contribution in [-0.4, -0.2) is 38.7 Å². The summed E-state index contributed by atoms with van der Waals surface area (Å²) in [5.41, 5.74) is 2.84. The maximum absolute atomic E-state index is 13.2. The zero-order chi connectivity index (χ0) is 29.7. The van der Waals surface area contributed by atoms with Crippen LogP contribution in [-0.2, 0) is 14.8 Å². The van der Waals surface area contributed by atoms with E-state index >= 15 is 0 Å². The van der Waals surface area contributed by atoms with Gasteiger partial charge in [-0.15, -0.1) is 0 Å². The van der Waals surface area contributed by atoms with Gasteiger partial charge in [-0.3, -0.25) is 14.4 Å². The number of aryl methyl sites for hydroxylation is 1. The van der Waals surface area contributed by atoms with Gasteiger partial charge in [0, 0.05) is 18.3 Å². The monoisotopic (exact) mass is 609 g/mol. The summed E-state index contributed by atoms with van der Waals surface area (Å²) >= 11 is 7.11. The van der Waals surface area contributed by atoms with Gasteiger partial charge in [0.15, 0.2) is 5.92 Å². The van der Waals surface area contributed by atoms with Gasteiger partial charge in [-0.05, 0) is 37.3 Å². The van der Waals surface area contributed by atoms with E-state index in [1.54, 1.807) is 43.4 Å². The number of benzene rings is 3. The molecule has 0 radical (unpaired) electrons. The van der Waals surface area contributed by atoms with Crippen molar-refractivity contribution in [2.75, 3.05) is 28.2 Å². The second-order valence-electron chi connectivity index (χ2n) is 8.94. The molecule has 2 N–H and O–H groups in total. The molecule has 0 bridgehead atoms. The lowest BCUT2D eigenvalue weighted by molar-refractivity contribution is -0.116. The predicted molar refractivity (Wildman–Crippen MR) is 160 cm³/mol. The Balaban J connectivity index is 1.64. The Morgan fingerprint density at radius 2 is 1.78 bits per heavy atom. The van der Waals surface area contributed by atoms with Crippen LogP contribution in [0.3, 0.4) is 0 Å². The summed E-state index contributed by atoms with van der Waals surface area (Å²) in [6, 6.07) is 22.3. The quantitative estimate of drug-likeness (QED) is 0.249. The van der Waals surface area contributed by atoms with E-state index < -0.39 is 27.9 Å². The molecule has 10 nitrogen and oxygen atoms in total. The number of rotatable bonds is 8. The van der Waals surface area contributed by atoms with Crippen molar-refractivity contribution < 1.29 is 22.7 Å². The normalized spacial score (nSPS) is 11.7. The number of hydrogen-bond donors (Lipinski definition) is 2. The summed E-state index contributed by atoms with van der Waals surface area (Å²) in [6.07, 6.45) is 0.308. The topological polar surface area (TPSA) is 141 Å². The Bertz CT molecular complexity index is 1740. The lowest BCUT2D eigenvalue weighted by Gasteiger charge is -2.16. The highest BCUT2D eigenvalue weighted by molar-refractivity contribution is 7.92. The number of anilines is 3. The van der Waals surface area contributed by atoms with E-state index in [0.717, 1.165) is 23.2 Å². The van der Waals surface area contributed by atoms with E-state index in [1.807, 2.05) is 31.2 Å². The number of thiazole rings is 1. The highest BCUT2D eigenvalue weighted by Crippen LogP contribution is 2.39. The maximum atomic E-state index is 13.2. The molecule has 4 rings (SSSR count). The molecule has 0 aliphatic heterocycles. The number of ether oxygens (including phenoxy) is 1. The number of carbonyl (C=O) groups excluding carboxylic acids is 2. The van der Waals surface area contributed by atoms with Crippen molar-refractivity contribution in [2.24, 2.45) is 0 Å². The minimum absolute atomic E-state index is 0.0891. The Morgan fingerprint density at radius 1 is 1.10 bits per heavy atom. The van der Waals surface area contributed by atoms with Crippen LogP contribution in [0.25, 0.3) is 11.3 Å². The van der Waals surface area contributed by atoms with Gasteiger partial charge in [-0.25, -0.2) is 18.2 Å². The minimum atomic E-state index is -3.57. The first kappa shape index (κ1) is 29.5. The molecule has 41 heavy (non-hydrogen) atoms. The molecule has 0 fully saturated rings. The summed E-state index contributed by atoms with van der Waals surface area (Å²) < 4.78 is 31.2. The number of sulfonamides is 1. The first-order valence-corrected chi connectivity index (χ1v) is 15.1. The van der Waals surface area contributed by atoms with Crippen LogP contribution in [0.15, 0.2) is 72.8 Å². The Hall–Kier alpha value is -4.44. The Labute approximate surface area is 246 Å². The van der Waals surface area contributed by atoms with Gasteiger partial charge in [0.05, 0.1) is 28.7 Å². The fraction of sp³-hybridized carbons (Fsp3) is 0.143. The highest BCUT2D eigenvalue weighted by Gasteiger charge is 2.29. The molecule has 0 aliphatic rings. The molecule has 0 aliphatic carbocycles. The molecule has 2 amide bonds. The summed E-state index contributed by atoms with van der Waals surface area (Å²) in [4.78, 5) is 32.1. The van der Waals surface area contributed by atoms with Gasteiger partial charge >= 0.3 is 6.09 Å². The van der Waals surface area contributed by atoms with Crippen LogP contribution in [0.1, 0.15) is 16.5 Å². The number of carbonyl (C=O) groups is 2. The third-order valence-corrected chi connectivity index (χ3v) is 7.63. The van der Waals surface area contributed by atoms with Gasteiger partial charge in [-0.2, -0.15) is 5.26 Å². The summed E-state index contributed by atoms with van der Waals surface area (Å²) in [6.45, 7) is 1.94. The van der Waals surface area contributed by atoms with E-state index in [-0.39, 0.29) is 26.5 Å². The average Bonchev–Trinajstić information content (AvgIpc) is 3.33. The predicted octanol–water partition coefficient (Wildman–Crippen LogP) is 6.02. The van der Waals surface area contributed by atoms with E-state index in [9.17, 15) is 23.3 Å². The van der Waals surface area contributed by atoms with Gasteiger partial charge in [-0.1, -0.05) is 71.0 Å². The third-order valence-electron chi connectivity index (χ3n) is 5.70. The largest absolute Gasteiger partial charge is 0.420 e. The average molecular weight is 610 g/mol. The molecule has 4 aromatic rings. The smallest absolute Gasteiger partial charge is 0.396 e. The molecule has 1 atom stereocenters. The van der Waals surface area contributed by atoms with Crippen LogP contribution in [0.2, 0.25) is 5.02 Å². The standard InChI is InChI=1S/C28H24ClN5O5S2/c1-17-9-12-20(13-10-17)34(2)28(36)39-27-24(18-7-5-4-6-8-18)32-26(40-27)21(16-30)25(35)31-23-15-19(11-14-22(23)29)33-41(3,37)38/h4-15,21,33H,1-3H3,(H,31,35). The van der Waals surface area contributed by atoms with Crippen LogP contribution in [0.4, 0.5) is 21.9 Å². The number of nitriles is 1. The summed E-state index contributed by atoms with van der Waals surface area (Å²) in [5.74, 6) is -2.15. The highest BCUT2D eigenvalue weighted by atomic mass is 35.5. The summed E-state index contributed by atoms with van der Waals surface area (Å²) in [7, 11) is -2.01. The number of nitrogens with zero attached hydrogens (tertiary/aromatic N) is 3. The molecular weight excluding hydrogens is 586 g/mol. The third kappa shape index (κ3) is 7.40. The first-order chi connectivity index (χ1) is 19.4. The molecule has 210 valence electrons. The van der Waals surface area contributed by atoms with Crippen LogP contribution in [0.5, 0.6) is 5.06 Å². The lowest BCUT2D eigenvalue weighted by Crippen LogP contribution is -2.29. The zero-order valence-electron chi connectivity index (χ0n) is 22.1. The fourth-order valence-corrected chi connectivity index (χ4v) is 5.34. The van der Waals surface area contributed by atoms with Crippen molar-refractivity contribution in [3.8, 4) is 22.4 Å². The molecule has 0 spiro atoms. The molecule has 13 heteroatoms. The second-order valence-corrected chi connectivity index (χ2v) is 12.1. The second kappa shape index (κ2) is 12.4. The maximum Gasteiger partial charge on any atom is 0.420 e. The molecule has 1 unspecified atom stereocenters. The first-order valence-electron chi connectivity index (χ1n) is 12.0. The van der Waals surface area contributed by atoms with Crippen molar-refractivity contribution in [2.45, 2.75) is 12.8 Å². The number of hydrogen-bond acceptors (Lipinski definition) is 8. The molecule has 1 heterocycles. The van der Waals surface area contributed by atoms with Gasteiger partial charge < -0.3 is 10.1 Å². The van der Waals surface area contributed by atoms with Gasteiger partial charge in [0.2, 0.25) is 21.0 Å². The Kier molecular flexibility index (Phi) is 8.92. The van der Waals surface area contributed by atoms with Crippen LogP contribution < -0.4 is 19.7 Å². The van der Waals surface area contributed by atoms with E-state index in [1.165, 1.54) is 23.1 Å². The zero-order valence-corrected chi connectivity index (χ0v) is 24.5. The van der Waals surface area contributed by atoms with E-state index in [0.29, 0.717) is 16.9 Å². The van der Waals surface area contributed by atoms with Gasteiger partial charge in [0.1, 0.15) is 10.7 Å². The Morgan fingerprint density at radius 3 is 2.41 bits per heavy atom. The van der Waals surface area contributed by atoms with Crippen LogP contribution >= 0.6 is 22.9 Å². The molecule has 0 saturated carbocycles. The van der Waals surface area contributed by atoms with E-state index in [2.05, 4.69) is 15.0 Å². The summed E-state index contributed by atoms with van der Waals surface area (Å²) in [5, 5.41) is 12.8. The van der Waals surface area contributed by atoms with Crippen molar-refractivity contribution in [1.29, 1.82) is 5.26 Å². The number of aromatic nitrogens is 1. The van der Waals surface area contributed by atoms with Crippen molar-refractivity contribution in [3.63, 3.8) is 0 Å². The SMILES string of the molecule is Cc1ccc(N(C)C(=O)Oc2sc(C(C#N)C(=O)Nc3cc(NS(C)(=O)=O)ccc3Cl)nc2-c2ccccc2)cc1. The minimum Gasteiger partial charge on any atom is -0.396 e. The van der Waals surface area contributed by atoms with Crippen molar-refractivity contribution in [3.05, 3.63) is 88.4 Å². The van der Waals surface area contributed by atoms with Gasteiger partial charge in [0.25, 0.3) is 0 Å². The van der Waals surface area contributed by atoms with Crippen molar-refractivity contribution in [1.82, 2.24) is 4.98 Å². The molecule has 3 aromatic carbocycles. The number of halogens is 1. The number of amides is 2. The van der Waals surface area contributed by atoms with Crippen LogP contribution in [0, 0.1) is 18.3 Å². The molecule has 1 aromatic heterocycles. The van der Waals surface area contributed by atoms with E-state index in [4.69, 9.17) is 16.3 Å². The molecular formula is C28H24ClN5O5S2. The molecule has 0 saturated heterocycles.